The van der Waals surface area contributed by atoms with Gasteiger partial charge in [0.25, 0.3) is 0 Å². The van der Waals surface area contributed by atoms with Gasteiger partial charge in [-0.05, 0) is 38.5 Å². The van der Waals surface area contributed by atoms with Crippen molar-refractivity contribution in [3.8, 4) is 0 Å². The highest BCUT2D eigenvalue weighted by atomic mass is 35.5. The first-order chi connectivity index (χ1) is 8.59. The molecule has 0 aromatic heterocycles. The number of aliphatic imine (C=N–C) groups is 1. The molecule has 1 aromatic rings. The van der Waals surface area contributed by atoms with Crippen molar-refractivity contribution in [3.63, 3.8) is 0 Å². The molecule has 1 aromatic carbocycles. The van der Waals surface area contributed by atoms with Gasteiger partial charge in [0.2, 0.25) is 5.90 Å². The van der Waals surface area contributed by atoms with Gasteiger partial charge in [0.05, 0.1) is 0 Å². The van der Waals surface area contributed by atoms with Crippen LogP contribution in [0.25, 0.3) is 0 Å². The van der Waals surface area contributed by atoms with E-state index in [9.17, 15) is 0 Å². The third kappa shape index (κ3) is 2.44. The van der Waals surface area contributed by atoms with Gasteiger partial charge in [0.1, 0.15) is 11.6 Å². The summed E-state index contributed by atoms with van der Waals surface area (Å²) in [6.07, 6.45) is 2.68. The summed E-state index contributed by atoms with van der Waals surface area (Å²) < 4.78 is 5.91. The fourth-order valence-corrected chi connectivity index (χ4v) is 2.12. The van der Waals surface area contributed by atoms with Crippen molar-refractivity contribution in [1.29, 1.82) is 0 Å². The van der Waals surface area contributed by atoms with Crippen LogP contribution in [0.3, 0.4) is 0 Å². The van der Waals surface area contributed by atoms with Gasteiger partial charge in [-0.2, -0.15) is 0 Å². The lowest BCUT2D eigenvalue weighted by molar-refractivity contribution is 0.189. The average molecular weight is 264 g/mol. The molecular weight excluding hydrogens is 246 g/mol. The van der Waals surface area contributed by atoms with E-state index in [-0.39, 0.29) is 11.6 Å². The molecule has 2 unspecified atom stereocenters. The van der Waals surface area contributed by atoms with Crippen LogP contribution in [0.4, 0.5) is 0 Å². The van der Waals surface area contributed by atoms with Crippen LogP contribution >= 0.6 is 11.6 Å². The van der Waals surface area contributed by atoms with Crippen LogP contribution in [-0.2, 0) is 4.74 Å². The van der Waals surface area contributed by atoms with E-state index < -0.39 is 0 Å². The molecule has 0 aliphatic carbocycles. The highest BCUT2D eigenvalue weighted by Gasteiger charge is 2.39. The Morgan fingerprint density at radius 2 is 2.06 bits per heavy atom. The summed E-state index contributed by atoms with van der Waals surface area (Å²) in [5.74, 6) is 0.708. The van der Waals surface area contributed by atoms with E-state index in [1.807, 2.05) is 18.2 Å². The lowest BCUT2D eigenvalue weighted by Gasteiger charge is -2.23. The normalized spacial score (nSPS) is 27.3. The van der Waals surface area contributed by atoms with Crippen molar-refractivity contribution in [1.82, 2.24) is 0 Å². The van der Waals surface area contributed by atoms with Gasteiger partial charge in [-0.15, -0.1) is 0 Å². The van der Waals surface area contributed by atoms with Crippen molar-refractivity contribution in [2.45, 2.75) is 38.8 Å². The van der Waals surface area contributed by atoms with Crippen LogP contribution in [0.2, 0.25) is 0 Å². The largest absolute Gasteiger partial charge is 0.467 e. The Labute approximate surface area is 113 Å². The number of halogens is 1. The molecule has 0 saturated carbocycles. The first-order valence-electron chi connectivity index (χ1n) is 6.19. The smallest absolute Gasteiger partial charge is 0.217 e. The number of aryl methyl sites for hydroxylation is 1. The predicted molar refractivity (Wildman–Crippen MR) is 76.3 cm³/mol. The second-order valence-electron chi connectivity index (χ2n) is 4.85. The average Bonchev–Trinajstić information content (AvgIpc) is 2.69. The molecule has 3 heteroatoms. The quantitative estimate of drug-likeness (QED) is 0.806. The Hall–Kier alpha value is -1.28. The van der Waals surface area contributed by atoms with Gasteiger partial charge in [0.15, 0.2) is 0 Å². The second-order valence-corrected chi connectivity index (χ2v) is 5.10. The molecule has 1 heterocycles. The maximum atomic E-state index is 5.91. The number of hydrogen-bond acceptors (Lipinski definition) is 2. The van der Waals surface area contributed by atoms with Crippen LogP contribution in [-0.4, -0.2) is 17.5 Å². The molecule has 1 aliphatic heterocycles. The molecule has 1 aliphatic rings. The summed E-state index contributed by atoms with van der Waals surface area (Å²) in [6, 6.07) is 8.21. The number of rotatable bonds is 3. The Balaban J connectivity index is 2.31. The summed E-state index contributed by atoms with van der Waals surface area (Å²) in [4.78, 5) is 4.72. The molecule has 2 rings (SSSR count). The summed E-state index contributed by atoms with van der Waals surface area (Å²) in [5.41, 5.74) is 3.52. The van der Waals surface area contributed by atoms with E-state index in [4.69, 9.17) is 21.3 Å². The van der Waals surface area contributed by atoms with E-state index >= 15 is 0 Å². The summed E-state index contributed by atoms with van der Waals surface area (Å²) in [5, 5.41) is 0. The number of ether oxygens (including phenoxy) is 1. The molecule has 2 atom stereocenters. The van der Waals surface area contributed by atoms with Gasteiger partial charge in [-0.3, -0.25) is 0 Å². The van der Waals surface area contributed by atoms with Crippen LogP contribution in [0.15, 0.2) is 40.9 Å². The molecule has 0 N–H and O–H groups in total. The zero-order chi connectivity index (χ0) is 13.2. The summed E-state index contributed by atoms with van der Waals surface area (Å²) >= 11 is 5.67. The van der Waals surface area contributed by atoms with Gasteiger partial charge in [0, 0.05) is 11.1 Å². The molecule has 18 heavy (non-hydrogen) atoms. The fraction of sp³-hybridized carbons (Fsp3) is 0.400. The van der Waals surface area contributed by atoms with Crippen LogP contribution in [0, 0.1) is 6.92 Å². The number of nitrogens with zero attached hydrogens (tertiary/aromatic N) is 1. The second kappa shape index (κ2) is 5.15. The minimum absolute atomic E-state index is 0.0868. The molecular formula is C15H18ClNO. The molecule has 0 fully saturated rings. The number of benzene rings is 1. The van der Waals surface area contributed by atoms with Crippen molar-refractivity contribution >= 4 is 17.5 Å². The van der Waals surface area contributed by atoms with E-state index in [1.54, 1.807) is 0 Å². The minimum atomic E-state index is -0.231. The zero-order valence-corrected chi connectivity index (χ0v) is 11.7. The number of hydrogen-bond donors (Lipinski definition) is 0. The standard InChI is InChI=1S/C15H18ClNO/c1-4-15(3)13(9-10-16)18-14(17-15)12-7-5-11(2)6-8-12/h5-10,13H,4H2,1-3H3. The molecule has 96 valence electrons. The lowest BCUT2D eigenvalue weighted by Crippen LogP contribution is -2.32. The highest BCUT2D eigenvalue weighted by Crippen LogP contribution is 2.31. The van der Waals surface area contributed by atoms with Gasteiger partial charge in [-0.1, -0.05) is 36.2 Å². The molecule has 0 bridgehead atoms. The first kappa shape index (κ1) is 13.2. The lowest BCUT2D eigenvalue weighted by atomic mass is 9.93. The monoisotopic (exact) mass is 263 g/mol. The Bertz CT molecular complexity index is 478. The third-order valence-corrected chi connectivity index (χ3v) is 3.62. The summed E-state index contributed by atoms with van der Waals surface area (Å²) in [6.45, 7) is 6.27. The third-order valence-electron chi connectivity index (χ3n) is 3.47. The van der Waals surface area contributed by atoms with E-state index in [2.05, 4.69) is 32.9 Å². The topological polar surface area (TPSA) is 21.6 Å². The van der Waals surface area contributed by atoms with Gasteiger partial charge in [-0.25, -0.2) is 4.99 Å². The van der Waals surface area contributed by atoms with Crippen molar-refractivity contribution in [3.05, 3.63) is 47.0 Å². The Kier molecular flexibility index (Phi) is 3.76. The minimum Gasteiger partial charge on any atom is -0.467 e. The Morgan fingerprint density at radius 1 is 1.39 bits per heavy atom. The van der Waals surface area contributed by atoms with Crippen molar-refractivity contribution in [2.24, 2.45) is 4.99 Å². The predicted octanol–water partition coefficient (Wildman–Crippen LogP) is 4.06. The maximum Gasteiger partial charge on any atom is 0.217 e. The van der Waals surface area contributed by atoms with E-state index in [0.717, 1.165) is 12.0 Å². The van der Waals surface area contributed by atoms with E-state index in [1.165, 1.54) is 11.1 Å². The zero-order valence-electron chi connectivity index (χ0n) is 11.0. The molecule has 2 nitrogen and oxygen atoms in total. The molecule has 0 spiro atoms. The van der Waals surface area contributed by atoms with Crippen molar-refractivity contribution in [2.75, 3.05) is 0 Å². The SMILES string of the molecule is CCC1(C)N=C(c2ccc(C)cc2)OC1C=CCl. The molecule has 0 amide bonds. The van der Waals surface area contributed by atoms with Gasteiger partial charge >= 0.3 is 0 Å². The Morgan fingerprint density at radius 3 is 2.61 bits per heavy atom. The van der Waals surface area contributed by atoms with Crippen LogP contribution in [0.5, 0.6) is 0 Å². The van der Waals surface area contributed by atoms with Crippen LogP contribution < -0.4 is 0 Å². The first-order valence-corrected chi connectivity index (χ1v) is 6.63. The van der Waals surface area contributed by atoms with Crippen molar-refractivity contribution < 1.29 is 4.74 Å². The van der Waals surface area contributed by atoms with Gasteiger partial charge < -0.3 is 4.74 Å². The van der Waals surface area contributed by atoms with E-state index in [0.29, 0.717) is 5.90 Å². The fourth-order valence-electron chi connectivity index (χ4n) is 1.99. The highest BCUT2D eigenvalue weighted by molar-refractivity contribution is 6.25. The molecule has 0 saturated heterocycles. The summed E-state index contributed by atoms with van der Waals surface area (Å²) in [7, 11) is 0. The maximum absolute atomic E-state index is 5.91. The van der Waals surface area contributed by atoms with Crippen LogP contribution in [0.1, 0.15) is 31.4 Å². The molecule has 0 radical (unpaired) electrons.